The van der Waals surface area contributed by atoms with Crippen LogP contribution in [0.1, 0.15) is 23.7 Å². The molecule has 0 aliphatic rings. The molecule has 98 valence electrons. The average molecular weight is 268 g/mol. The number of phenols is 1. The third kappa shape index (κ3) is 3.10. The molecule has 0 aromatic heterocycles. The molecular weight excluding hydrogens is 252 g/mol. The highest BCUT2D eigenvalue weighted by Gasteiger charge is 2.18. The summed E-state index contributed by atoms with van der Waals surface area (Å²) >= 11 is 4.84. The number of phenolic OH excluding ortho intramolecular Hbond substituents is 1. The number of amides is 1. The second-order valence-electron chi connectivity index (χ2n) is 3.69. The normalized spacial score (nSPS) is 11.7. The van der Waals surface area contributed by atoms with Gasteiger partial charge in [0.1, 0.15) is 0 Å². The first-order valence-electron chi connectivity index (χ1n) is 5.47. The molecule has 0 heterocycles. The lowest BCUT2D eigenvalue weighted by atomic mass is 10.1. The first-order chi connectivity index (χ1) is 8.51. The van der Waals surface area contributed by atoms with E-state index < -0.39 is 11.9 Å². The van der Waals surface area contributed by atoms with Crippen LogP contribution in [0.25, 0.3) is 0 Å². The van der Waals surface area contributed by atoms with Gasteiger partial charge in [-0.3, -0.25) is 4.79 Å². The topological polar surface area (TPSA) is 84.6 Å². The first-order valence-corrected chi connectivity index (χ1v) is 5.88. The van der Waals surface area contributed by atoms with Crippen molar-refractivity contribution in [1.29, 1.82) is 0 Å². The Balaban J connectivity index is 2.94. The summed E-state index contributed by atoms with van der Waals surface area (Å²) in [4.78, 5) is 12.2. The Kier molecular flexibility index (Phi) is 4.91. The maximum absolute atomic E-state index is 12.0. The molecular formula is C12H16N2O3S. The fourth-order valence-corrected chi connectivity index (χ4v) is 1.71. The molecule has 1 aromatic rings. The Bertz CT molecular complexity index is 463. The number of carbonyl (C=O) groups is 1. The maximum atomic E-state index is 12.0. The van der Waals surface area contributed by atoms with E-state index in [0.717, 1.165) is 0 Å². The smallest absolute Gasteiger partial charge is 0.255 e. The molecule has 0 saturated carbocycles. The molecule has 0 bridgehead atoms. The van der Waals surface area contributed by atoms with Crippen LogP contribution in [-0.2, 0) is 0 Å². The van der Waals surface area contributed by atoms with E-state index in [2.05, 4.69) is 5.32 Å². The van der Waals surface area contributed by atoms with Crippen LogP contribution in [0.4, 0.5) is 0 Å². The van der Waals surface area contributed by atoms with Crippen molar-refractivity contribution in [3.8, 4) is 11.5 Å². The summed E-state index contributed by atoms with van der Waals surface area (Å²) in [6.45, 7) is 1.86. The van der Waals surface area contributed by atoms with Crippen LogP contribution in [0.5, 0.6) is 11.5 Å². The van der Waals surface area contributed by atoms with E-state index in [0.29, 0.717) is 6.42 Å². The molecule has 0 aliphatic heterocycles. The molecule has 4 N–H and O–H groups in total. The Morgan fingerprint density at radius 2 is 2.28 bits per heavy atom. The third-order valence-corrected chi connectivity index (χ3v) is 2.81. The number of para-hydroxylation sites is 1. The summed E-state index contributed by atoms with van der Waals surface area (Å²) in [7, 11) is 1.42. The van der Waals surface area contributed by atoms with E-state index in [1.165, 1.54) is 13.2 Å². The second-order valence-corrected chi connectivity index (χ2v) is 4.16. The summed E-state index contributed by atoms with van der Waals surface area (Å²) in [6.07, 6.45) is 0.589. The minimum absolute atomic E-state index is 0.129. The number of benzene rings is 1. The van der Waals surface area contributed by atoms with Gasteiger partial charge in [-0.15, -0.1) is 0 Å². The van der Waals surface area contributed by atoms with Gasteiger partial charge in [0.2, 0.25) is 0 Å². The van der Waals surface area contributed by atoms with Crippen molar-refractivity contribution in [2.45, 2.75) is 19.4 Å². The van der Waals surface area contributed by atoms with Crippen molar-refractivity contribution < 1.29 is 14.6 Å². The highest BCUT2D eigenvalue weighted by molar-refractivity contribution is 7.80. The van der Waals surface area contributed by atoms with E-state index >= 15 is 0 Å². The summed E-state index contributed by atoms with van der Waals surface area (Å²) in [5.74, 6) is -0.396. The van der Waals surface area contributed by atoms with Crippen LogP contribution < -0.4 is 15.8 Å². The fraction of sp³-hybridized carbons (Fsp3) is 0.333. The molecule has 5 nitrogen and oxygen atoms in total. The number of carbonyl (C=O) groups excluding carboxylic acids is 1. The fourth-order valence-electron chi connectivity index (χ4n) is 1.48. The summed E-state index contributed by atoms with van der Waals surface area (Å²) in [5, 5.41) is 12.5. The Labute approximate surface area is 111 Å². The van der Waals surface area contributed by atoms with Gasteiger partial charge in [-0.25, -0.2) is 0 Å². The van der Waals surface area contributed by atoms with Crippen LogP contribution in [-0.4, -0.2) is 29.2 Å². The van der Waals surface area contributed by atoms with E-state index in [-0.39, 0.29) is 22.1 Å². The zero-order valence-corrected chi connectivity index (χ0v) is 11.1. The number of hydrogen-bond donors (Lipinski definition) is 3. The number of aromatic hydroxyl groups is 1. The van der Waals surface area contributed by atoms with Crippen molar-refractivity contribution >= 4 is 23.1 Å². The van der Waals surface area contributed by atoms with Gasteiger partial charge in [-0.05, 0) is 18.6 Å². The van der Waals surface area contributed by atoms with Gasteiger partial charge >= 0.3 is 0 Å². The van der Waals surface area contributed by atoms with Gasteiger partial charge in [0.05, 0.1) is 23.7 Å². The van der Waals surface area contributed by atoms with Gasteiger partial charge < -0.3 is 20.9 Å². The van der Waals surface area contributed by atoms with Crippen molar-refractivity contribution in [3.63, 3.8) is 0 Å². The Morgan fingerprint density at radius 1 is 1.61 bits per heavy atom. The second kappa shape index (κ2) is 6.20. The molecule has 0 aliphatic carbocycles. The number of thiocarbonyl (C=S) groups is 1. The first kappa shape index (κ1) is 14.2. The third-order valence-electron chi connectivity index (χ3n) is 2.52. The standard InChI is InChI=1S/C12H16N2O3S/c1-3-8(11(13)18)14-12(16)7-5-4-6-9(17-2)10(7)15/h4-6,8,15H,3H2,1-2H3,(H2,13,18)(H,14,16). The highest BCUT2D eigenvalue weighted by Crippen LogP contribution is 2.29. The summed E-state index contributed by atoms with van der Waals surface area (Å²) < 4.78 is 4.93. The maximum Gasteiger partial charge on any atom is 0.255 e. The van der Waals surface area contributed by atoms with Crippen LogP contribution in [0.2, 0.25) is 0 Å². The van der Waals surface area contributed by atoms with Gasteiger partial charge in [0.25, 0.3) is 5.91 Å². The number of nitrogens with one attached hydrogen (secondary N) is 1. The van der Waals surface area contributed by atoms with E-state index in [9.17, 15) is 9.90 Å². The van der Waals surface area contributed by atoms with Crippen molar-refractivity contribution in [3.05, 3.63) is 23.8 Å². The van der Waals surface area contributed by atoms with Crippen molar-refractivity contribution in [1.82, 2.24) is 5.32 Å². The molecule has 0 spiro atoms. The molecule has 0 saturated heterocycles. The Morgan fingerprint density at radius 3 is 2.78 bits per heavy atom. The van der Waals surface area contributed by atoms with Gasteiger partial charge in [-0.2, -0.15) is 0 Å². The Hall–Kier alpha value is -1.82. The van der Waals surface area contributed by atoms with E-state index in [4.69, 9.17) is 22.7 Å². The SMILES string of the molecule is CCC(NC(=O)c1cccc(OC)c1O)C(N)=S. The number of methoxy groups -OCH3 is 1. The molecule has 0 radical (unpaired) electrons. The highest BCUT2D eigenvalue weighted by atomic mass is 32.1. The zero-order chi connectivity index (χ0) is 13.7. The number of ether oxygens (including phenoxy) is 1. The van der Waals surface area contributed by atoms with E-state index in [1.807, 2.05) is 6.92 Å². The van der Waals surface area contributed by atoms with Gasteiger partial charge in [0.15, 0.2) is 11.5 Å². The summed E-state index contributed by atoms with van der Waals surface area (Å²) in [5.41, 5.74) is 5.63. The van der Waals surface area contributed by atoms with Gasteiger partial charge in [-0.1, -0.05) is 25.2 Å². The van der Waals surface area contributed by atoms with Crippen LogP contribution in [0, 0.1) is 0 Å². The molecule has 1 rings (SSSR count). The number of nitrogens with two attached hydrogens (primary N) is 1. The lowest BCUT2D eigenvalue weighted by Crippen LogP contribution is -2.43. The lowest BCUT2D eigenvalue weighted by molar-refractivity contribution is 0.0943. The molecule has 1 unspecified atom stereocenters. The largest absolute Gasteiger partial charge is 0.504 e. The van der Waals surface area contributed by atoms with Crippen LogP contribution in [0.3, 0.4) is 0 Å². The quantitative estimate of drug-likeness (QED) is 0.699. The van der Waals surface area contributed by atoms with E-state index in [1.54, 1.807) is 12.1 Å². The molecule has 1 amide bonds. The monoisotopic (exact) mass is 268 g/mol. The minimum atomic E-state index is -0.439. The van der Waals surface area contributed by atoms with Crippen molar-refractivity contribution in [2.24, 2.45) is 5.73 Å². The van der Waals surface area contributed by atoms with Gasteiger partial charge in [0, 0.05) is 0 Å². The molecule has 1 aromatic carbocycles. The predicted molar refractivity (Wildman–Crippen MR) is 73.0 cm³/mol. The molecule has 18 heavy (non-hydrogen) atoms. The average Bonchev–Trinajstić information content (AvgIpc) is 2.35. The lowest BCUT2D eigenvalue weighted by Gasteiger charge is -2.16. The van der Waals surface area contributed by atoms with Crippen LogP contribution >= 0.6 is 12.2 Å². The minimum Gasteiger partial charge on any atom is -0.504 e. The van der Waals surface area contributed by atoms with Crippen LogP contribution in [0.15, 0.2) is 18.2 Å². The number of rotatable bonds is 5. The van der Waals surface area contributed by atoms with Crippen molar-refractivity contribution in [2.75, 3.05) is 7.11 Å². The molecule has 1 atom stereocenters. The summed E-state index contributed by atoms with van der Waals surface area (Å²) in [6, 6.07) is 4.30. The molecule has 0 fully saturated rings. The zero-order valence-electron chi connectivity index (χ0n) is 10.3. The predicted octanol–water partition coefficient (Wildman–Crippen LogP) is 1.20. The number of hydrogen-bond acceptors (Lipinski definition) is 4. The molecule has 6 heteroatoms.